The fourth-order valence-electron chi connectivity index (χ4n) is 4.52. The Hall–Kier alpha value is -1.32. The molecule has 0 heterocycles. The van der Waals surface area contributed by atoms with Crippen molar-refractivity contribution in [2.75, 3.05) is 0 Å². The maximum absolute atomic E-state index is 12.7. The highest BCUT2D eigenvalue weighted by molar-refractivity contribution is 5.83. The molecule has 4 heteroatoms. The summed E-state index contributed by atoms with van der Waals surface area (Å²) in [5, 5.41) is 9.45. The molecule has 0 amide bonds. The molecule has 3 rings (SSSR count). The molecular weight excluding hydrogens is 268 g/mol. The predicted molar refractivity (Wildman–Crippen MR) is 77.5 cm³/mol. The van der Waals surface area contributed by atoms with E-state index in [1.165, 1.54) is 0 Å². The summed E-state index contributed by atoms with van der Waals surface area (Å²) in [6.45, 7) is 4.18. The Labute approximate surface area is 125 Å². The van der Waals surface area contributed by atoms with Gasteiger partial charge in [0.15, 0.2) is 0 Å². The first kappa shape index (κ1) is 14.6. The molecule has 2 fully saturated rings. The van der Waals surface area contributed by atoms with Gasteiger partial charge >= 0.3 is 11.9 Å². The first-order valence-electron chi connectivity index (χ1n) is 8.08. The number of carboxylic acid groups (broad SMARTS) is 1. The zero-order valence-corrected chi connectivity index (χ0v) is 12.7. The first-order valence-corrected chi connectivity index (χ1v) is 8.08. The van der Waals surface area contributed by atoms with Gasteiger partial charge in [-0.15, -0.1) is 0 Å². The Morgan fingerprint density at radius 1 is 1.14 bits per heavy atom. The van der Waals surface area contributed by atoms with Crippen LogP contribution in [-0.4, -0.2) is 22.6 Å². The Kier molecular flexibility index (Phi) is 3.58. The van der Waals surface area contributed by atoms with Crippen molar-refractivity contribution in [2.45, 2.75) is 51.6 Å². The molecule has 2 saturated carbocycles. The van der Waals surface area contributed by atoms with Gasteiger partial charge in [0.05, 0.1) is 11.8 Å². The molecule has 2 bridgehead atoms. The van der Waals surface area contributed by atoms with Crippen LogP contribution >= 0.6 is 0 Å². The van der Waals surface area contributed by atoms with Gasteiger partial charge in [0.25, 0.3) is 0 Å². The van der Waals surface area contributed by atoms with Gasteiger partial charge in [0, 0.05) is 0 Å². The first-order chi connectivity index (χ1) is 9.94. The molecule has 0 radical (unpaired) electrons. The standard InChI is InChI=1S/C17H24O4/c1-10(2)17(7-3-4-8-17)21-16(20)14-12-6-5-11(9-12)13(14)15(18)19/h5-6,10-14H,3-4,7-9H2,1-2H3,(H,18,19). The van der Waals surface area contributed by atoms with Crippen molar-refractivity contribution in [1.29, 1.82) is 0 Å². The number of rotatable bonds is 4. The highest BCUT2D eigenvalue weighted by Gasteiger charge is 2.54. The van der Waals surface area contributed by atoms with Crippen molar-refractivity contribution in [3.05, 3.63) is 12.2 Å². The highest BCUT2D eigenvalue weighted by atomic mass is 16.6. The van der Waals surface area contributed by atoms with E-state index in [2.05, 4.69) is 13.8 Å². The van der Waals surface area contributed by atoms with Crippen LogP contribution in [-0.2, 0) is 14.3 Å². The minimum atomic E-state index is -0.862. The largest absolute Gasteiger partial charge is 0.481 e. The second-order valence-corrected chi connectivity index (χ2v) is 7.19. The van der Waals surface area contributed by atoms with E-state index < -0.39 is 17.8 Å². The van der Waals surface area contributed by atoms with Gasteiger partial charge in [0.2, 0.25) is 0 Å². The van der Waals surface area contributed by atoms with Crippen LogP contribution in [0, 0.1) is 29.6 Å². The average Bonchev–Trinajstić information content (AvgIpc) is 3.12. The summed E-state index contributed by atoms with van der Waals surface area (Å²) >= 11 is 0. The number of esters is 1. The van der Waals surface area contributed by atoms with Gasteiger partial charge in [-0.3, -0.25) is 9.59 Å². The van der Waals surface area contributed by atoms with Gasteiger partial charge in [-0.25, -0.2) is 0 Å². The van der Waals surface area contributed by atoms with Crippen molar-refractivity contribution in [3.8, 4) is 0 Å². The van der Waals surface area contributed by atoms with E-state index in [0.29, 0.717) is 0 Å². The van der Waals surface area contributed by atoms with Crippen LogP contribution in [0.15, 0.2) is 12.2 Å². The summed E-state index contributed by atoms with van der Waals surface area (Å²) in [7, 11) is 0. The molecule has 1 N–H and O–H groups in total. The lowest BCUT2D eigenvalue weighted by Gasteiger charge is -2.35. The summed E-state index contributed by atoms with van der Waals surface area (Å²) in [4.78, 5) is 24.2. The Morgan fingerprint density at radius 3 is 2.24 bits per heavy atom. The molecule has 0 aromatic heterocycles. The average molecular weight is 292 g/mol. The minimum Gasteiger partial charge on any atom is -0.481 e. The van der Waals surface area contributed by atoms with E-state index in [1.54, 1.807) is 0 Å². The van der Waals surface area contributed by atoms with Crippen LogP contribution in [0.3, 0.4) is 0 Å². The van der Waals surface area contributed by atoms with Crippen molar-refractivity contribution < 1.29 is 19.4 Å². The van der Waals surface area contributed by atoms with Crippen molar-refractivity contribution in [1.82, 2.24) is 0 Å². The lowest BCUT2D eigenvalue weighted by atomic mass is 9.82. The molecule has 3 aliphatic carbocycles. The molecular formula is C17H24O4. The third kappa shape index (κ3) is 2.29. The summed E-state index contributed by atoms with van der Waals surface area (Å²) in [5.74, 6) is -1.90. The Balaban J connectivity index is 1.78. The van der Waals surface area contributed by atoms with E-state index in [-0.39, 0.29) is 29.3 Å². The lowest BCUT2D eigenvalue weighted by Crippen LogP contribution is -2.42. The summed E-state index contributed by atoms with van der Waals surface area (Å²) in [6, 6.07) is 0. The van der Waals surface area contributed by atoms with Crippen molar-refractivity contribution in [2.24, 2.45) is 29.6 Å². The number of carbonyl (C=O) groups excluding carboxylic acids is 1. The third-order valence-electron chi connectivity index (χ3n) is 5.82. The van der Waals surface area contributed by atoms with Gasteiger partial charge in [0.1, 0.15) is 5.60 Å². The van der Waals surface area contributed by atoms with E-state index in [1.807, 2.05) is 12.2 Å². The molecule has 0 spiro atoms. The topological polar surface area (TPSA) is 63.6 Å². The minimum absolute atomic E-state index is 0.00336. The van der Waals surface area contributed by atoms with E-state index in [0.717, 1.165) is 32.1 Å². The predicted octanol–water partition coefficient (Wildman–Crippen LogP) is 3.02. The number of hydrogen-bond acceptors (Lipinski definition) is 3. The fraction of sp³-hybridized carbons (Fsp3) is 0.765. The molecule has 4 nitrogen and oxygen atoms in total. The van der Waals surface area contributed by atoms with Crippen LogP contribution in [0.25, 0.3) is 0 Å². The van der Waals surface area contributed by atoms with Gasteiger partial charge in [-0.1, -0.05) is 26.0 Å². The van der Waals surface area contributed by atoms with Gasteiger partial charge in [-0.05, 0) is 49.9 Å². The Morgan fingerprint density at radius 2 is 1.71 bits per heavy atom. The molecule has 0 saturated heterocycles. The normalized spacial score (nSPS) is 36.3. The number of hydrogen-bond donors (Lipinski definition) is 1. The molecule has 116 valence electrons. The van der Waals surface area contributed by atoms with E-state index in [9.17, 15) is 14.7 Å². The zero-order chi connectivity index (χ0) is 15.2. The van der Waals surface area contributed by atoms with Crippen LogP contribution in [0.4, 0.5) is 0 Å². The molecule has 4 unspecified atom stereocenters. The number of allylic oxidation sites excluding steroid dienone is 2. The molecule has 0 aromatic carbocycles. The quantitative estimate of drug-likeness (QED) is 0.639. The highest BCUT2D eigenvalue weighted by Crippen LogP contribution is 2.50. The van der Waals surface area contributed by atoms with Crippen LogP contribution in [0.5, 0.6) is 0 Å². The van der Waals surface area contributed by atoms with E-state index >= 15 is 0 Å². The van der Waals surface area contributed by atoms with Crippen LogP contribution in [0.1, 0.15) is 46.0 Å². The van der Waals surface area contributed by atoms with E-state index in [4.69, 9.17) is 4.74 Å². The monoisotopic (exact) mass is 292 g/mol. The SMILES string of the molecule is CC(C)C1(OC(=O)C2C3C=CC(C3)C2C(=O)O)CCCC1. The van der Waals surface area contributed by atoms with Crippen molar-refractivity contribution in [3.63, 3.8) is 0 Å². The fourth-order valence-corrected chi connectivity index (χ4v) is 4.52. The van der Waals surface area contributed by atoms with Crippen LogP contribution < -0.4 is 0 Å². The number of aliphatic carboxylic acids is 1. The molecule has 21 heavy (non-hydrogen) atoms. The van der Waals surface area contributed by atoms with Crippen molar-refractivity contribution >= 4 is 11.9 Å². The summed E-state index contributed by atoms with van der Waals surface area (Å²) < 4.78 is 5.94. The third-order valence-corrected chi connectivity index (χ3v) is 5.82. The number of fused-ring (bicyclic) bond motifs is 2. The smallest absolute Gasteiger partial charge is 0.310 e. The van der Waals surface area contributed by atoms with Gasteiger partial charge < -0.3 is 9.84 Å². The molecule has 4 atom stereocenters. The molecule has 3 aliphatic rings. The second-order valence-electron chi connectivity index (χ2n) is 7.19. The maximum atomic E-state index is 12.7. The molecule has 0 aliphatic heterocycles. The Bertz CT molecular complexity index is 473. The molecule has 0 aromatic rings. The lowest BCUT2D eigenvalue weighted by molar-refractivity contribution is -0.175. The maximum Gasteiger partial charge on any atom is 0.310 e. The second kappa shape index (κ2) is 5.15. The van der Waals surface area contributed by atoms with Crippen LogP contribution in [0.2, 0.25) is 0 Å². The number of carboxylic acids is 1. The number of carbonyl (C=O) groups is 2. The summed E-state index contributed by atoms with van der Waals surface area (Å²) in [5.41, 5.74) is -0.369. The zero-order valence-electron chi connectivity index (χ0n) is 12.7. The van der Waals surface area contributed by atoms with Gasteiger partial charge in [-0.2, -0.15) is 0 Å². The summed E-state index contributed by atoms with van der Waals surface area (Å²) in [6.07, 6.45) is 8.74. The number of ether oxygens (including phenoxy) is 1.